The van der Waals surface area contributed by atoms with Crippen molar-refractivity contribution in [3.8, 4) is 5.88 Å². The topological polar surface area (TPSA) is 66.8 Å². The number of ether oxygens (including phenoxy) is 1. The lowest BCUT2D eigenvalue weighted by molar-refractivity contribution is -0.125. The number of hydrogen-bond acceptors (Lipinski definition) is 6. The van der Waals surface area contributed by atoms with Gasteiger partial charge in [-0.2, -0.15) is 0 Å². The van der Waals surface area contributed by atoms with Crippen LogP contribution < -0.4 is 10.1 Å². The summed E-state index contributed by atoms with van der Waals surface area (Å²) in [7, 11) is 3.52. The van der Waals surface area contributed by atoms with Crippen LogP contribution in [0.2, 0.25) is 0 Å². The molecule has 4 rings (SSSR count). The zero-order valence-electron chi connectivity index (χ0n) is 18.4. The maximum atomic E-state index is 12.7. The fourth-order valence-electron chi connectivity index (χ4n) is 3.63. The Bertz CT molecular complexity index is 1210. The summed E-state index contributed by atoms with van der Waals surface area (Å²) < 4.78 is 7.05. The summed E-state index contributed by atoms with van der Waals surface area (Å²) in [5.74, 6) is 1.02. The summed E-state index contributed by atoms with van der Waals surface area (Å²) >= 11 is 1.74. The molecule has 1 aromatic carbocycles. The van der Waals surface area contributed by atoms with Crippen molar-refractivity contribution in [3.63, 3.8) is 0 Å². The molecule has 0 radical (unpaired) electrons. The van der Waals surface area contributed by atoms with Gasteiger partial charge in [-0.1, -0.05) is 18.2 Å². The zero-order valence-corrected chi connectivity index (χ0v) is 19.2. The molecule has 1 amide bonds. The minimum absolute atomic E-state index is 0.0560. The Morgan fingerprint density at radius 1 is 1.35 bits per heavy atom. The molecule has 31 heavy (non-hydrogen) atoms. The van der Waals surface area contributed by atoms with E-state index in [-0.39, 0.29) is 5.91 Å². The van der Waals surface area contributed by atoms with E-state index in [1.54, 1.807) is 41.6 Å². The van der Waals surface area contributed by atoms with Crippen molar-refractivity contribution in [2.45, 2.75) is 32.9 Å². The predicted octanol–water partition coefficient (Wildman–Crippen LogP) is 4.89. The molecule has 0 aliphatic carbocycles. The number of aromatic nitrogens is 1. The molecule has 0 spiro atoms. The second kappa shape index (κ2) is 8.15. The van der Waals surface area contributed by atoms with Crippen LogP contribution in [0.25, 0.3) is 16.2 Å². The zero-order chi connectivity index (χ0) is 22.2. The van der Waals surface area contributed by atoms with Crippen LogP contribution in [-0.2, 0) is 11.3 Å². The maximum Gasteiger partial charge on any atom is 0.246 e. The number of thiophene rings is 1. The molecule has 1 aliphatic rings. The number of likely N-dealkylation sites (N-methyl/N-ethyl adjacent to an activating group) is 1. The number of pyridine rings is 1. The highest BCUT2D eigenvalue weighted by atomic mass is 32.1. The number of carbonyl (C=O) groups is 1. The van der Waals surface area contributed by atoms with E-state index in [2.05, 4.69) is 34.3 Å². The predicted molar refractivity (Wildman–Crippen MR) is 128 cm³/mol. The second-order valence-corrected chi connectivity index (χ2v) is 9.31. The Balaban J connectivity index is 1.47. The minimum Gasteiger partial charge on any atom is -0.420 e. The normalized spacial score (nSPS) is 16.2. The van der Waals surface area contributed by atoms with E-state index in [0.29, 0.717) is 18.3 Å². The SMILES string of the molecule is CN=C1Oc2ncc(/C=C/C(=O)N(C)Cc3sc4ccccc4c3C)cc2NC1(C)C. The van der Waals surface area contributed by atoms with Gasteiger partial charge in [-0.15, -0.1) is 11.3 Å². The van der Waals surface area contributed by atoms with Gasteiger partial charge in [-0.3, -0.25) is 9.79 Å². The third-order valence-corrected chi connectivity index (χ3v) is 6.63. The van der Waals surface area contributed by atoms with Crippen LogP contribution in [0, 0.1) is 6.92 Å². The number of hydrogen-bond donors (Lipinski definition) is 1. The Morgan fingerprint density at radius 3 is 2.87 bits per heavy atom. The van der Waals surface area contributed by atoms with Gasteiger partial charge in [0.15, 0.2) is 0 Å². The monoisotopic (exact) mass is 434 g/mol. The molecule has 2 aromatic heterocycles. The summed E-state index contributed by atoms with van der Waals surface area (Å²) in [6.07, 6.45) is 5.05. The first-order valence-electron chi connectivity index (χ1n) is 10.1. The van der Waals surface area contributed by atoms with E-state index in [0.717, 1.165) is 11.3 Å². The Kier molecular flexibility index (Phi) is 5.54. The Labute approximate surface area is 186 Å². The van der Waals surface area contributed by atoms with E-state index in [1.165, 1.54) is 20.5 Å². The van der Waals surface area contributed by atoms with Crippen molar-refractivity contribution < 1.29 is 9.53 Å². The van der Waals surface area contributed by atoms with Crippen LogP contribution in [0.4, 0.5) is 5.69 Å². The number of anilines is 1. The van der Waals surface area contributed by atoms with E-state index in [4.69, 9.17) is 4.74 Å². The number of aryl methyl sites for hydroxylation is 1. The highest BCUT2D eigenvalue weighted by molar-refractivity contribution is 7.19. The quantitative estimate of drug-likeness (QED) is 0.594. The molecular weight excluding hydrogens is 408 g/mol. The third-order valence-electron chi connectivity index (χ3n) is 5.37. The first-order chi connectivity index (χ1) is 14.8. The molecule has 0 atom stereocenters. The number of fused-ring (bicyclic) bond motifs is 2. The van der Waals surface area contributed by atoms with Gasteiger partial charge in [-0.25, -0.2) is 4.98 Å². The molecule has 0 saturated heterocycles. The molecular formula is C24H26N4O2S. The number of benzene rings is 1. The summed E-state index contributed by atoms with van der Waals surface area (Å²) in [5.41, 5.74) is 2.42. The van der Waals surface area contributed by atoms with Crippen molar-refractivity contribution in [1.82, 2.24) is 9.88 Å². The third kappa shape index (κ3) is 4.18. The van der Waals surface area contributed by atoms with Gasteiger partial charge < -0.3 is 15.0 Å². The number of nitrogens with one attached hydrogen (secondary N) is 1. The van der Waals surface area contributed by atoms with E-state index >= 15 is 0 Å². The fourth-order valence-corrected chi connectivity index (χ4v) is 4.89. The van der Waals surface area contributed by atoms with Crippen LogP contribution in [0.5, 0.6) is 5.88 Å². The molecule has 7 heteroatoms. The number of rotatable bonds is 4. The second-order valence-electron chi connectivity index (χ2n) is 8.18. The Hall–Kier alpha value is -3.19. The van der Waals surface area contributed by atoms with Gasteiger partial charge in [0, 0.05) is 35.9 Å². The molecule has 6 nitrogen and oxygen atoms in total. The lowest BCUT2D eigenvalue weighted by Crippen LogP contribution is -2.46. The maximum absolute atomic E-state index is 12.7. The molecule has 1 aliphatic heterocycles. The minimum atomic E-state index is -0.427. The first-order valence-corrected chi connectivity index (χ1v) is 10.9. The fraction of sp³-hybridized carbons (Fsp3) is 0.292. The van der Waals surface area contributed by atoms with Crippen molar-refractivity contribution in [2.75, 3.05) is 19.4 Å². The Morgan fingerprint density at radius 2 is 2.13 bits per heavy atom. The van der Waals surface area contributed by atoms with Crippen molar-refractivity contribution in [2.24, 2.45) is 4.99 Å². The highest BCUT2D eigenvalue weighted by Gasteiger charge is 2.33. The standard InChI is InChI=1S/C24H26N4O2S/c1-15-17-8-6-7-9-19(17)31-20(15)14-28(5)21(29)11-10-16-12-18-22(26-13-16)30-23(25-4)24(2,3)27-18/h6-13,27H,14H2,1-5H3/b11-10+,25-23?. The average Bonchev–Trinajstić information content (AvgIpc) is 3.06. The summed E-state index contributed by atoms with van der Waals surface area (Å²) in [5, 5.41) is 4.65. The average molecular weight is 435 g/mol. The number of aliphatic imine (C=N–C) groups is 1. The van der Waals surface area contributed by atoms with Gasteiger partial charge in [0.05, 0.1) is 12.2 Å². The highest BCUT2D eigenvalue weighted by Crippen LogP contribution is 2.33. The number of carbonyl (C=O) groups excluding carboxylic acids is 1. The van der Waals surface area contributed by atoms with Gasteiger partial charge in [0.2, 0.25) is 17.7 Å². The molecule has 0 saturated carbocycles. The summed E-state index contributed by atoms with van der Waals surface area (Å²) in [4.78, 5) is 24.2. The van der Waals surface area contributed by atoms with E-state index in [9.17, 15) is 4.79 Å². The van der Waals surface area contributed by atoms with Gasteiger partial charge in [-0.05, 0) is 55.5 Å². The molecule has 0 bridgehead atoms. The van der Waals surface area contributed by atoms with E-state index < -0.39 is 5.54 Å². The molecule has 3 heterocycles. The van der Waals surface area contributed by atoms with Crippen LogP contribution in [-0.4, -0.2) is 41.3 Å². The van der Waals surface area contributed by atoms with Crippen molar-refractivity contribution in [3.05, 3.63) is 58.6 Å². The molecule has 0 unspecified atom stereocenters. The smallest absolute Gasteiger partial charge is 0.246 e. The van der Waals surface area contributed by atoms with Gasteiger partial charge >= 0.3 is 0 Å². The molecule has 0 fully saturated rings. The molecule has 3 aromatic rings. The summed E-state index contributed by atoms with van der Waals surface area (Å²) in [6.45, 7) is 6.69. The van der Waals surface area contributed by atoms with Crippen LogP contribution in [0.1, 0.15) is 29.9 Å². The summed E-state index contributed by atoms with van der Waals surface area (Å²) in [6, 6.07) is 10.3. The van der Waals surface area contributed by atoms with Crippen LogP contribution in [0.3, 0.4) is 0 Å². The lowest BCUT2D eigenvalue weighted by Gasteiger charge is -2.33. The molecule has 160 valence electrons. The van der Waals surface area contributed by atoms with Crippen molar-refractivity contribution in [1.29, 1.82) is 0 Å². The van der Waals surface area contributed by atoms with Crippen LogP contribution >= 0.6 is 11.3 Å². The number of nitrogens with zero attached hydrogens (tertiary/aromatic N) is 3. The largest absolute Gasteiger partial charge is 0.420 e. The van der Waals surface area contributed by atoms with E-state index in [1.807, 2.05) is 39.1 Å². The van der Waals surface area contributed by atoms with Gasteiger partial charge in [0.1, 0.15) is 5.54 Å². The molecule has 1 N–H and O–H groups in total. The number of amides is 1. The first kappa shape index (κ1) is 21.1. The van der Waals surface area contributed by atoms with Crippen LogP contribution in [0.15, 0.2) is 47.6 Å². The van der Waals surface area contributed by atoms with Gasteiger partial charge in [0.25, 0.3) is 0 Å². The van der Waals surface area contributed by atoms with Crippen molar-refractivity contribution >= 4 is 45.0 Å². The lowest BCUT2D eigenvalue weighted by atomic mass is 10.0.